The van der Waals surface area contributed by atoms with Crippen molar-refractivity contribution >= 4 is 10.9 Å². The van der Waals surface area contributed by atoms with Crippen LogP contribution in [0.25, 0.3) is 0 Å². The molecule has 0 aromatic heterocycles. The summed E-state index contributed by atoms with van der Waals surface area (Å²) in [6.07, 6.45) is 1.30. The van der Waals surface area contributed by atoms with Crippen LogP contribution in [-0.2, 0) is 10.9 Å². The van der Waals surface area contributed by atoms with Gasteiger partial charge in [0.25, 0.3) is 0 Å². The molecule has 1 aromatic rings. The fraction of sp³-hybridized carbons (Fsp3) is 0.455. The molecule has 0 fully saturated rings. The lowest BCUT2D eigenvalue weighted by Crippen LogP contribution is -2.09. The topological polar surface area (TPSA) is 0 Å². The van der Waals surface area contributed by atoms with Crippen LogP contribution in [-0.4, -0.2) is 11.5 Å². The Morgan fingerprint density at radius 1 is 1.08 bits per heavy atom. The number of rotatable bonds is 4. The average molecular weight is 181 g/mol. The maximum absolute atomic E-state index is 2.28. The Morgan fingerprint density at radius 3 is 2.25 bits per heavy atom. The molecule has 1 rings (SSSR count). The van der Waals surface area contributed by atoms with Gasteiger partial charge in [0.15, 0.2) is 4.90 Å². The zero-order chi connectivity index (χ0) is 8.81. The molecule has 1 unspecified atom stereocenters. The second kappa shape index (κ2) is 5.26. The Kier molecular flexibility index (Phi) is 4.23. The summed E-state index contributed by atoms with van der Waals surface area (Å²) in [6, 6.07) is 10.9. The van der Waals surface area contributed by atoms with E-state index in [2.05, 4.69) is 44.2 Å². The van der Waals surface area contributed by atoms with E-state index in [4.69, 9.17) is 0 Å². The Balaban J connectivity index is 2.66. The molecule has 0 radical (unpaired) electrons. The molecule has 0 N–H and O–H groups in total. The molecule has 0 amide bonds. The second-order valence-electron chi connectivity index (χ2n) is 2.80. The van der Waals surface area contributed by atoms with Gasteiger partial charge in [-0.2, -0.15) is 0 Å². The maximum atomic E-state index is 2.28. The van der Waals surface area contributed by atoms with Crippen LogP contribution in [0.1, 0.15) is 20.3 Å². The molecule has 66 valence electrons. The van der Waals surface area contributed by atoms with Crippen molar-refractivity contribution in [1.82, 2.24) is 0 Å². The van der Waals surface area contributed by atoms with Crippen molar-refractivity contribution in [3.05, 3.63) is 30.3 Å². The monoisotopic (exact) mass is 181 g/mol. The Labute approximate surface area is 78.3 Å². The van der Waals surface area contributed by atoms with Crippen LogP contribution >= 0.6 is 0 Å². The van der Waals surface area contributed by atoms with Crippen molar-refractivity contribution in [3.8, 4) is 0 Å². The lowest BCUT2D eigenvalue weighted by atomic mass is 10.4. The van der Waals surface area contributed by atoms with Gasteiger partial charge >= 0.3 is 0 Å². The van der Waals surface area contributed by atoms with Crippen LogP contribution in [0.3, 0.4) is 0 Å². The SMILES string of the molecule is CCC[S+](CC)c1ccccc1. The smallest absolute Gasteiger partial charge is 0.0619 e. The van der Waals surface area contributed by atoms with E-state index in [9.17, 15) is 0 Å². The highest BCUT2D eigenvalue weighted by molar-refractivity contribution is 7.96. The minimum Gasteiger partial charge on any atom is -0.0619 e. The molecule has 0 saturated carbocycles. The van der Waals surface area contributed by atoms with E-state index in [0.29, 0.717) is 10.9 Å². The van der Waals surface area contributed by atoms with Gasteiger partial charge < -0.3 is 0 Å². The van der Waals surface area contributed by atoms with E-state index in [1.165, 1.54) is 22.8 Å². The third kappa shape index (κ3) is 2.56. The molecule has 0 saturated heterocycles. The first-order valence-electron chi connectivity index (χ1n) is 4.61. The summed E-state index contributed by atoms with van der Waals surface area (Å²) in [5.41, 5.74) is 0. The third-order valence-corrected chi connectivity index (χ3v) is 4.41. The van der Waals surface area contributed by atoms with Crippen LogP contribution in [0.4, 0.5) is 0 Å². The summed E-state index contributed by atoms with van der Waals surface area (Å²) in [7, 11) is 0.505. The zero-order valence-electron chi connectivity index (χ0n) is 7.92. The van der Waals surface area contributed by atoms with Gasteiger partial charge in [-0.05, 0) is 25.5 Å². The molecule has 0 nitrogen and oxygen atoms in total. The first-order chi connectivity index (χ1) is 5.88. The summed E-state index contributed by atoms with van der Waals surface area (Å²) in [5, 5.41) is 0. The van der Waals surface area contributed by atoms with Crippen molar-refractivity contribution in [3.63, 3.8) is 0 Å². The van der Waals surface area contributed by atoms with Gasteiger partial charge in [-0.3, -0.25) is 0 Å². The fourth-order valence-corrected chi connectivity index (χ4v) is 3.18. The van der Waals surface area contributed by atoms with E-state index >= 15 is 0 Å². The second-order valence-corrected chi connectivity index (χ2v) is 5.24. The van der Waals surface area contributed by atoms with Gasteiger partial charge in [0.05, 0.1) is 0 Å². The molecular weight excluding hydrogens is 164 g/mol. The summed E-state index contributed by atoms with van der Waals surface area (Å²) < 4.78 is 0. The normalized spacial score (nSPS) is 12.8. The predicted molar refractivity (Wildman–Crippen MR) is 57.8 cm³/mol. The minimum absolute atomic E-state index is 0.505. The molecule has 1 aromatic carbocycles. The average Bonchev–Trinajstić information content (AvgIpc) is 2.15. The highest BCUT2D eigenvalue weighted by atomic mass is 32.2. The summed E-state index contributed by atoms with van der Waals surface area (Å²) in [5.74, 6) is 2.64. The molecule has 0 aliphatic carbocycles. The van der Waals surface area contributed by atoms with Gasteiger partial charge in [-0.15, -0.1) is 0 Å². The van der Waals surface area contributed by atoms with Gasteiger partial charge in [0, 0.05) is 10.9 Å². The molecule has 0 aliphatic rings. The lowest BCUT2D eigenvalue weighted by Gasteiger charge is -2.03. The van der Waals surface area contributed by atoms with Crippen LogP contribution < -0.4 is 0 Å². The summed E-state index contributed by atoms with van der Waals surface area (Å²) >= 11 is 0. The quantitative estimate of drug-likeness (QED) is 0.626. The van der Waals surface area contributed by atoms with Crippen LogP contribution in [0.2, 0.25) is 0 Å². The van der Waals surface area contributed by atoms with E-state index in [1.54, 1.807) is 0 Å². The van der Waals surface area contributed by atoms with E-state index in [0.717, 1.165) is 0 Å². The van der Waals surface area contributed by atoms with E-state index in [1.807, 2.05) is 0 Å². The molecule has 12 heavy (non-hydrogen) atoms. The van der Waals surface area contributed by atoms with Crippen molar-refractivity contribution in [2.24, 2.45) is 0 Å². The molecule has 0 spiro atoms. The Bertz CT molecular complexity index is 206. The Morgan fingerprint density at radius 2 is 1.75 bits per heavy atom. The van der Waals surface area contributed by atoms with Gasteiger partial charge in [0.1, 0.15) is 11.5 Å². The largest absolute Gasteiger partial charge is 0.154 e. The van der Waals surface area contributed by atoms with E-state index < -0.39 is 0 Å². The van der Waals surface area contributed by atoms with Crippen LogP contribution in [0.5, 0.6) is 0 Å². The van der Waals surface area contributed by atoms with Crippen molar-refractivity contribution in [1.29, 1.82) is 0 Å². The van der Waals surface area contributed by atoms with Gasteiger partial charge in [0.2, 0.25) is 0 Å². The highest BCUT2D eigenvalue weighted by Crippen LogP contribution is 2.13. The lowest BCUT2D eigenvalue weighted by molar-refractivity contribution is 1.09. The van der Waals surface area contributed by atoms with Crippen LogP contribution in [0.15, 0.2) is 35.2 Å². The molecule has 0 heterocycles. The predicted octanol–water partition coefficient (Wildman–Crippen LogP) is 3.09. The van der Waals surface area contributed by atoms with Crippen molar-refractivity contribution < 1.29 is 0 Å². The summed E-state index contributed by atoms with van der Waals surface area (Å²) in [6.45, 7) is 4.55. The van der Waals surface area contributed by atoms with Crippen molar-refractivity contribution in [2.75, 3.05) is 11.5 Å². The molecule has 1 atom stereocenters. The summed E-state index contributed by atoms with van der Waals surface area (Å²) in [4.78, 5) is 1.53. The fourth-order valence-electron chi connectivity index (χ4n) is 1.29. The zero-order valence-corrected chi connectivity index (χ0v) is 8.73. The number of benzene rings is 1. The number of hydrogen-bond acceptors (Lipinski definition) is 0. The van der Waals surface area contributed by atoms with Crippen LogP contribution in [0, 0.1) is 0 Å². The van der Waals surface area contributed by atoms with Gasteiger partial charge in [-0.25, -0.2) is 0 Å². The first-order valence-corrected chi connectivity index (χ1v) is 6.17. The maximum Gasteiger partial charge on any atom is 0.154 e. The molecule has 0 aliphatic heterocycles. The molecule has 0 bridgehead atoms. The number of hydrogen-bond donors (Lipinski definition) is 0. The first kappa shape index (κ1) is 9.66. The minimum atomic E-state index is 0.505. The molecule has 1 heteroatoms. The Hall–Kier alpha value is -0.430. The third-order valence-electron chi connectivity index (χ3n) is 1.88. The highest BCUT2D eigenvalue weighted by Gasteiger charge is 2.16. The molecular formula is C11H17S+. The standard InChI is InChI=1S/C11H17S/c1-3-10-12(4-2)11-8-6-5-7-9-11/h5-9H,3-4,10H2,1-2H3/q+1. The van der Waals surface area contributed by atoms with Crippen molar-refractivity contribution in [2.45, 2.75) is 25.2 Å². The van der Waals surface area contributed by atoms with Gasteiger partial charge in [-0.1, -0.05) is 25.1 Å². The van der Waals surface area contributed by atoms with E-state index in [-0.39, 0.29) is 0 Å².